The van der Waals surface area contributed by atoms with Crippen molar-refractivity contribution in [1.82, 2.24) is 0 Å². The molecule has 1 aromatic rings. The lowest BCUT2D eigenvalue weighted by atomic mass is 9.76. The van der Waals surface area contributed by atoms with Gasteiger partial charge in [0.15, 0.2) is 0 Å². The molecule has 0 unspecified atom stereocenters. The van der Waals surface area contributed by atoms with E-state index >= 15 is 0 Å². The molecule has 0 atom stereocenters. The molecule has 0 radical (unpaired) electrons. The van der Waals surface area contributed by atoms with Gasteiger partial charge in [-0.2, -0.15) is 0 Å². The predicted octanol–water partition coefficient (Wildman–Crippen LogP) is 2.18. The Labute approximate surface area is 107 Å². The van der Waals surface area contributed by atoms with Crippen LogP contribution in [-0.4, -0.2) is 12.1 Å². The molecule has 6 heteroatoms. The van der Waals surface area contributed by atoms with Crippen LogP contribution in [0.5, 0.6) is 0 Å². The fourth-order valence-corrected chi connectivity index (χ4v) is 2.27. The molecule has 0 aliphatic carbocycles. The van der Waals surface area contributed by atoms with Crippen LogP contribution in [0.25, 0.3) is 10.4 Å². The van der Waals surface area contributed by atoms with E-state index in [1.54, 1.807) is 0 Å². The van der Waals surface area contributed by atoms with Crippen molar-refractivity contribution in [3.8, 4) is 0 Å². The lowest BCUT2D eigenvalue weighted by Gasteiger charge is -2.22. The zero-order chi connectivity index (χ0) is 13.6. The van der Waals surface area contributed by atoms with E-state index in [2.05, 4.69) is 10.0 Å². The van der Waals surface area contributed by atoms with Gasteiger partial charge in [-0.25, -0.2) is 0 Å². The summed E-state index contributed by atoms with van der Waals surface area (Å²) >= 11 is 0. The molecule has 5 nitrogen and oxygen atoms in total. The highest BCUT2D eigenvalue weighted by atomic mass is 16.5. The molecular weight excluding hydrogens is 229 g/mol. The number of hydrogen-bond donors (Lipinski definition) is 1. The molecule has 0 amide bonds. The van der Waals surface area contributed by atoms with Crippen molar-refractivity contribution in [2.75, 3.05) is 0 Å². The van der Waals surface area contributed by atoms with Gasteiger partial charge in [0.2, 0.25) is 0 Å². The molecule has 2 rings (SSSR count). The molecule has 0 saturated carbocycles. The van der Waals surface area contributed by atoms with Crippen molar-refractivity contribution in [1.29, 1.82) is 0 Å². The van der Waals surface area contributed by atoms with Gasteiger partial charge in [0.05, 0.1) is 11.1 Å². The second kappa shape index (κ2) is 4.02. The van der Waals surface area contributed by atoms with E-state index in [0.717, 1.165) is 16.6 Å². The summed E-state index contributed by atoms with van der Waals surface area (Å²) in [6.45, 7) is 7.50. The first-order valence-electron chi connectivity index (χ1n) is 5.85. The highest BCUT2D eigenvalue weighted by Gasteiger charge is 2.41. The number of azide groups is 1. The molecule has 18 heavy (non-hydrogen) atoms. The van der Waals surface area contributed by atoms with E-state index in [4.69, 9.17) is 10.2 Å². The summed E-state index contributed by atoms with van der Waals surface area (Å²) in [5, 5.41) is 13.7. The summed E-state index contributed by atoms with van der Waals surface area (Å²) in [5.74, 6) is 0. The van der Waals surface area contributed by atoms with Crippen LogP contribution in [0.4, 0.5) is 0 Å². The van der Waals surface area contributed by atoms with E-state index < -0.39 is 18.3 Å². The average Bonchev–Trinajstić information content (AvgIpc) is 2.49. The van der Waals surface area contributed by atoms with Crippen molar-refractivity contribution in [2.24, 2.45) is 5.11 Å². The van der Waals surface area contributed by atoms with Crippen LogP contribution in [0.3, 0.4) is 0 Å². The van der Waals surface area contributed by atoms with Gasteiger partial charge < -0.3 is 9.68 Å². The van der Waals surface area contributed by atoms with Crippen LogP contribution < -0.4 is 5.46 Å². The molecule has 0 fully saturated rings. The molecule has 0 spiro atoms. The Morgan fingerprint density at radius 2 is 2.11 bits per heavy atom. The fraction of sp³-hybridized carbons (Fsp3) is 0.500. The molecule has 1 N–H and O–H groups in total. The molecule has 1 aliphatic rings. The standard InChI is InChI=1S/C12H16BN3O2/c1-11(2,15-16-14)8-5-6-9-10(7-8)13(17)18-12(9,3)4/h5-7,17H,1-4H3. The molecule has 1 aromatic carbocycles. The quantitative estimate of drug-likeness (QED) is 0.375. The van der Waals surface area contributed by atoms with Crippen molar-refractivity contribution < 1.29 is 9.68 Å². The smallest absolute Gasteiger partial charge is 0.423 e. The molecule has 94 valence electrons. The Morgan fingerprint density at radius 1 is 1.44 bits per heavy atom. The number of benzene rings is 1. The Balaban J connectivity index is 2.53. The number of rotatable bonds is 2. The molecule has 1 heterocycles. The highest BCUT2D eigenvalue weighted by molar-refractivity contribution is 6.62. The summed E-state index contributed by atoms with van der Waals surface area (Å²) in [4.78, 5) is 2.86. The summed E-state index contributed by atoms with van der Waals surface area (Å²) in [6.07, 6.45) is 0. The minimum absolute atomic E-state index is 0.490. The average molecular weight is 245 g/mol. The Hall–Kier alpha value is -1.49. The van der Waals surface area contributed by atoms with E-state index in [0.29, 0.717) is 0 Å². The van der Waals surface area contributed by atoms with Crippen molar-refractivity contribution in [3.63, 3.8) is 0 Å². The van der Waals surface area contributed by atoms with Crippen molar-refractivity contribution in [3.05, 3.63) is 39.8 Å². The molecule has 0 aromatic heterocycles. The third kappa shape index (κ3) is 1.99. The lowest BCUT2D eigenvalue weighted by molar-refractivity contribution is 0.101. The Morgan fingerprint density at radius 3 is 2.72 bits per heavy atom. The van der Waals surface area contributed by atoms with Crippen LogP contribution in [0, 0.1) is 0 Å². The maximum Gasteiger partial charge on any atom is 0.492 e. The number of fused-ring (bicyclic) bond motifs is 1. The first-order valence-corrected chi connectivity index (χ1v) is 5.85. The normalized spacial score (nSPS) is 17.3. The zero-order valence-electron chi connectivity index (χ0n) is 11.0. The van der Waals surface area contributed by atoms with Crippen molar-refractivity contribution >= 4 is 12.6 Å². The van der Waals surface area contributed by atoms with E-state index in [-0.39, 0.29) is 0 Å². The first-order chi connectivity index (χ1) is 8.28. The second-order valence-electron chi connectivity index (χ2n) is 5.53. The van der Waals surface area contributed by atoms with Gasteiger partial charge in [0.25, 0.3) is 0 Å². The van der Waals surface area contributed by atoms with Crippen LogP contribution in [0.1, 0.15) is 38.8 Å². The molecule has 1 aliphatic heterocycles. The molecule has 0 saturated heterocycles. The van der Waals surface area contributed by atoms with Crippen LogP contribution in [0.2, 0.25) is 0 Å². The maximum absolute atomic E-state index is 9.91. The summed E-state index contributed by atoms with van der Waals surface area (Å²) < 4.78 is 5.50. The minimum atomic E-state index is -0.920. The zero-order valence-corrected chi connectivity index (χ0v) is 11.0. The summed E-state index contributed by atoms with van der Waals surface area (Å²) in [5.41, 5.74) is 10.0. The Kier molecular flexibility index (Phi) is 2.89. The largest absolute Gasteiger partial charge is 0.492 e. The number of hydrogen-bond acceptors (Lipinski definition) is 3. The van der Waals surface area contributed by atoms with Gasteiger partial charge in [0.1, 0.15) is 0 Å². The predicted molar refractivity (Wildman–Crippen MR) is 70.3 cm³/mol. The second-order valence-corrected chi connectivity index (χ2v) is 5.53. The van der Waals surface area contributed by atoms with Crippen LogP contribution >= 0.6 is 0 Å². The molecule has 0 bridgehead atoms. The van der Waals surface area contributed by atoms with Gasteiger partial charge >= 0.3 is 7.12 Å². The lowest BCUT2D eigenvalue weighted by Crippen LogP contribution is -2.30. The van der Waals surface area contributed by atoms with E-state index in [9.17, 15) is 5.02 Å². The summed E-state index contributed by atoms with van der Waals surface area (Å²) in [6, 6.07) is 5.69. The first kappa shape index (κ1) is 13.0. The highest BCUT2D eigenvalue weighted by Crippen LogP contribution is 2.32. The van der Waals surface area contributed by atoms with Gasteiger partial charge in [-0.1, -0.05) is 37.2 Å². The third-order valence-electron chi connectivity index (χ3n) is 3.37. The van der Waals surface area contributed by atoms with Gasteiger partial charge in [0, 0.05) is 4.91 Å². The van der Waals surface area contributed by atoms with Crippen LogP contribution in [-0.2, 0) is 15.8 Å². The third-order valence-corrected chi connectivity index (χ3v) is 3.37. The Bertz CT molecular complexity index is 536. The molecular formula is C12H16BN3O2. The minimum Gasteiger partial charge on any atom is -0.423 e. The van der Waals surface area contributed by atoms with Gasteiger partial charge in [-0.05, 0) is 36.0 Å². The fourth-order valence-electron chi connectivity index (χ4n) is 2.27. The van der Waals surface area contributed by atoms with Crippen LogP contribution in [0.15, 0.2) is 23.3 Å². The summed E-state index contributed by atoms with van der Waals surface area (Å²) in [7, 11) is -0.920. The van der Waals surface area contributed by atoms with E-state index in [1.807, 2.05) is 45.9 Å². The van der Waals surface area contributed by atoms with Gasteiger partial charge in [-0.15, -0.1) is 0 Å². The van der Waals surface area contributed by atoms with Crippen molar-refractivity contribution in [2.45, 2.75) is 38.8 Å². The van der Waals surface area contributed by atoms with Gasteiger partial charge in [-0.3, -0.25) is 0 Å². The van der Waals surface area contributed by atoms with E-state index in [1.165, 1.54) is 0 Å². The number of nitrogens with zero attached hydrogens (tertiary/aromatic N) is 3. The topological polar surface area (TPSA) is 78.2 Å². The SMILES string of the molecule is CC(C)(N=[N+]=[N-])c1ccc2c(c1)B(O)OC2(C)C. The monoisotopic (exact) mass is 245 g/mol. The maximum atomic E-state index is 9.91.